The highest BCUT2D eigenvalue weighted by Gasteiger charge is 2.69. The number of fused-ring (bicyclic) bond motifs is 2. The minimum absolute atomic E-state index is 0.234. The number of hydrogen-bond acceptors (Lipinski definition) is 5. The molecule has 8 atom stereocenters. The summed E-state index contributed by atoms with van der Waals surface area (Å²) >= 11 is 0. The second-order valence-electron chi connectivity index (χ2n) is 8.73. The SMILES string of the molecule is C[C@H]1[C@@H](CCCCN)O[C@@H]2O[C@@]3(C)CC[C@H]4[C@H](C)CC[C@@H]1[C@@]24OO3. The zero-order chi connectivity index (χ0) is 16.9. The molecule has 5 fully saturated rings. The third-order valence-corrected chi connectivity index (χ3v) is 7.24. The maximum atomic E-state index is 6.54. The minimum Gasteiger partial charge on any atom is -0.346 e. The molecular weight excluding hydrogens is 306 g/mol. The summed E-state index contributed by atoms with van der Waals surface area (Å²) in [5, 5.41) is 0. The van der Waals surface area contributed by atoms with Crippen molar-refractivity contribution in [2.75, 3.05) is 6.54 Å². The number of ether oxygens (including phenoxy) is 2. The highest BCUT2D eigenvalue weighted by atomic mass is 17.3. The van der Waals surface area contributed by atoms with Crippen molar-refractivity contribution in [3.63, 3.8) is 0 Å². The van der Waals surface area contributed by atoms with E-state index in [1.807, 2.05) is 6.92 Å². The van der Waals surface area contributed by atoms with Crippen LogP contribution in [0.3, 0.4) is 0 Å². The quantitative estimate of drug-likeness (QED) is 0.628. The van der Waals surface area contributed by atoms with E-state index in [4.69, 9.17) is 25.0 Å². The molecule has 0 aromatic carbocycles. The van der Waals surface area contributed by atoms with Gasteiger partial charge in [-0.25, -0.2) is 9.78 Å². The molecule has 138 valence electrons. The van der Waals surface area contributed by atoms with Crippen molar-refractivity contribution >= 4 is 0 Å². The Labute approximate surface area is 145 Å². The molecule has 1 spiro atoms. The van der Waals surface area contributed by atoms with Crippen molar-refractivity contribution in [1.82, 2.24) is 0 Å². The summed E-state index contributed by atoms with van der Waals surface area (Å²) in [6.07, 6.45) is 7.59. The molecule has 0 radical (unpaired) electrons. The molecule has 5 aliphatic rings. The molecule has 0 aromatic heterocycles. The maximum absolute atomic E-state index is 6.54. The lowest BCUT2D eigenvalue weighted by Gasteiger charge is -2.60. The van der Waals surface area contributed by atoms with Crippen LogP contribution in [-0.2, 0) is 19.2 Å². The fourth-order valence-electron chi connectivity index (χ4n) is 5.80. The summed E-state index contributed by atoms with van der Waals surface area (Å²) in [7, 11) is 0. The van der Waals surface area contributed by atoms with E-state index in [-0.39, 0.29) is 12.4 Å². The minimum atomic E-state index is -0.667. The molecule has 4 saturated heterocycles. The lowest BCUT2D eigenvalue weighted by Crippen LogP contribution is -2.70. The monoisotopic (exact) mass is 339 g/mol. The van der Waals surface area contributed by atoms with Crippen LogP contribution in [0.5, 0.6) is 0 Å². The van der Waals surface area contributed by atoms with Crippen LogP contribution >= 0.6 is 0 Å². The molecular formula is C19H33NO4. The van der Waals surface area contributed by atoms with Gasteiger partial charge in [0.05, 0.1) is 6.10 Å². The van der Waals surface area contributed by atoms with E-state index in [9.17, 15) is 0 Å². The van der Waals surface area contributed by atoms with Gasteiger partial charge < -0.3 is 15.2 Å². The van der Waals surface area contributed by atoms with E-state index in [1.54, 1.807) is 0 Å². The third kappa shape index (κ3) is 2.47. The fourth-order valence-corrected chi connectivity index (χ4v) is 5.80. The average molecular weight is 339 g/mol. The van der Waals surface area contributed by atoms with Crippen LogP contribution in [0.2, 0.25) is 0 Å². The maximum Gasteiger partial charge on any atom is 0.201 e. The number of nitrogens with two attached hydrogens (primary N) is 1. The second kappa shape index (κ2) is 6.20. The largest absolute Gasteiger partial charge is 0.346 e. The van der Waals surface area contributed by atoms with Crippen LogP contribution < -0.4 is 5.73 Å². The Morgan fingerprint density at radius 1 is 1.04 bits per heavy atom. The van der Waals surface area contributed by atoms with Gasteiger partial charge in [-0.1, -0.05) is 13.8 Å². The average Bonchev–Trinajstić information content (AvgIpc) is 2.78. The van der Waals surface area contributed by atoms with Gasteiger partial charge in [-0.15, -0.1) is 0 Å². The molecule has 5 heteroatoms. The van der Waals surface area contributed by atoms with Crippen LogP contribution in [0.25, 0.3) is 0 Å². The molecule has 1 aliphatic carbocycles. The van der Waals surface area contributed by atoms with Crippen LogP contribution in [0.15, 0.2) is 0 Å². The summed E-state index contributed by atoms with van der Waals surface area (Å²) in [5.41, 5.74) is 5.25. The van der Waals surface area contributed by atoms with Gasteiger partial charge >= 0.3 is 0 Å². The Hall–Kier alpha value is -0.200. The van der Waals surface area contributed by atoms with E-state index in [2.05, 4.69) is 13.8 Å². The van der Waals surface area contributed by atoms with E-state index < -0.39 is 11.4 Å². The lowest BCUT2D eigenvalue weighted by molar-refractivity contribution is -0.571. The van der Waals surface area contributed by atoms with E-state index in [1.165, 1.54) is 12.8 Å². The summed E-state index contributed by atoms with van der Waals surface area (Å²) in [6, 6.07) is 0. The van der Waals surface area contributed by atoms with Crippen molar-refractivity contribution in [3.05, 3.63) is 0 Å². The summed E-state index contributed by atoms with van der Waals surface area (Å²) in [6.45, 7) is 7.43. The van der Waals surface area contributed by atoms with Crippen LogP contribution in [0.1, 0.15) is 65.7 Å². The van der Waals surface area contributed by atoms with Gasteiger partial charge in [0, 0.05) is 12.3 Å². The zero-order valence-electron chi connectivity index (χ0n) is 15.3. The van der Waals surface area contributed by atoms with Gasteiger partial charge in [0.25, 0.3) is 0 Å². The molecule has 4 heterocycles. The summed E-state index contributed by atoms with van der Waals surface area (Å²) < 4.78 is 12.9. The van der Waals surface area contributed by atoms with E-state index >= 15 is 0 Å². The molecule has 2 bridgehead atoms. The number of hydrogen-bond donors (Lipinski definition) is 1. The van der Waals surface area contributed by atoms with Crippen LogP contribution in [-0.4, -0.2) is 30.3 Å². The Kier molecular flexibility index (Phi) is 4.45. The second-order valence-corrected chi connectivity index (χ2v) is 8.73. The van der Waals surface area contributed by atoms with Gasteiger partial charge in [-0.3, -0.25) is 0 Å². The smallest absolute Gasteiger partial charge is 0.201 e. The van der Waals surface area contributed by atoms with E-state index in [0.717, 1.165) is 38.6 Å². The van der Waals surface area contributed by atoms with Gasteiger partial charge in [0.15, 0.2) is 11.9 Å². The first-order valence-electron chi connectivity index (χ1n) is 9.90. The summed E-state index contributed by atoms with van der Waals surface area (Å²) in [4.78, 5) is 12.0. The molecule has 4 aliphatic heterocycles. The van der Waals surface area contributed by atoms with Gasteiger partial charge in [-0.05, 0) is 69.7 Å². The summed E-state index contributed by atoms with van der Waals surface area (Å²) in [5.74, 6) is 1.32. The first kappa shape index (κ1) is 17.2. The molecule has 5 nitrogen and oxygen atoms in total. The highest BCUT2D eigenvalue weighted by Crippen LogP contribution is 2.60. The first-order valence-corrected chi connectivity index (χ1v) is 9.90. The Balaban J connectivity index is 1.64. The van der Waals surface area contributed by atoms with Crippen LogP contribution in [0.4, 0.5) is 0 Å². The first-order chi connectivity index (χ1) is 11.5. The van der Waals surface area contributed by atoms with Gasteiger partial charge in [0.2, 0.25) is 5.79 Å². The van der Waals surface area contributed by atoms with Crippen molar-refractivity contribution in [2.24, 2.45) is 29.4 Å². The van der Waals surface area contributed by atoms with Crippen molar-refractivity contribution in [2.45, 2.75) is 89.5 Å². The molecule has 2 N–H and O–H groups in total. The molecule has 0 unspecified atom stereocenters. The molecule has 24 heavy (non-hydrogen) atoms. The Morgan fingerprint density at radius 2 is 1.88 bits per heavy atom. The Morgan fingerprint density at radius 3 is 2.67 bits per heavy atom. The molecule has 1 saturated carbocycles. The van der Waals surface area contributed by atoms with Crippen molar-refractivity contribution in [3.8, 4) is 0 Å². The Bertz CT molecular complexity index is 474. The van der Waals surface area contributed by atoms with Gasteiger partial charge in [-0.2, -0.15) is 0 Å². The standard InChI is InChI=1S/C19H33NO4/c1-12-7-8-15-13(2)16(6-4-5-11-20)21-17-19(15)14(12)9-10-18(3,22-17)23-24-19/h12-17H,4-11,20H2,1-3H3/t12-,13-,14+,15+,16-,17-,18-,19-/m1/s1. The van der Waals surface area contributed by atoms with E-state index in [0.29, 0.717) is 23.7 Å². The van der Waals surface area contributed by atoms with Crippen molar-refractivity contribution in [1.29, 1.82) is 0 Å². The normalized spacial score (nSPS) is 53.5. The molecule has 0 aromatic rings. The molecule has 0 amide bonds. The molecule has 5 rings (SSSR count). The predicted molar refractivity (Wildman–Crippen MR) is 89.7 cm³/mol. The zero-order valence-corrected chi connectivity index (χ0v) is 15.3. The fraction of sp³-hybridized carbons (Fsp3) is 1.00. The lowest BCUT2D eigenvalue weighted by atomic mass is 9.57. The topological polar surface area (TPSA) is 62.9 Å². The predicted octanol–water partition coefficient (Wildman–Crippen LogP) is 3.37. The number of unbranched alkanes of at least 4 members (excludes halogenated alkanes) is 1. The van der Waals surface area contributed by atoms with Crippen LogP contribution in [0, 0.1) is 23.7 Å². The van der Waals surface area contributed by atoms with Crippen molar-refractivity contribution < 1.29 is 19.2 Å². The van der Waals surface area contributed by atoms with Gasteiger partial charge in [0.1, 0.15) is 0 Å². The highest BCUT2D eigenvalue weighted by molar-refractivity contribution is 5.09. The third-order valence-electron chi connectivity index (χ3n) is 7.24. The number of rotatable bonds is 4.